The van der Waals surface area contributed by atoms with Crippen LogP contribution in [0.1, 0.15) is 10.4 Å². The second-order valence-electron chi connectivity index (χ2n) is 5.92. The minimum atomic E-state index is -3.44. The van der Waals surface area contributed by atoms with E-state index in [9.17, 15) is 17.6 Å². The standard InChI is InChI=1S/C19H16FN3O3S/c1-27(25,26)18-9-5-14(11-22-18)19(24)23-17-10-13(4-8-16(17)21)12-2-6-15(20)7-3-12/h2-11H,21H2,1H3,(H,23,24). The summed E-state index contributed by atoms with van der Waals surface area (Å²) in [4.78, 5) is 16.2. The Morgan fingerprint density at radius 2 is 1.70 bits per heavy atom. The Hall–Kier alpha value is -3.26. The van der Waals surface area contributed by atoms with Gasteiger partial charge >= 0.3 is 0 Å². The molecule has 3 N–H and O–H groups in total. The number of pyridine rings is 1. The molecule has 0 atom stereocenters. The van der Waals surface area contributed by atoms with Crippen LogP contribution in [-0.2, 0) is 9.84 Å². The van der Waals surface area contributed by atoms with Crippen molar-refractivity contribution in [1.29, 1.82) is 0 Å². The molecule has 0 aliphatic carbocycles. The summed E-state index contributed by atoms with van der Waals surface area (Å²) in [6.07, 6.45) is 2.22. The number of aromatic nitrogens is 1. The predicted octanol–water partition coefficient (Wildman–Crippen LogP) is 3.13. The lowest BCUT2D eigenvalue weighted by Crippen LogP contribution is -2.14. The molecule has 0 unspecified atom stereocenters. The van der Waals surface area contributed by atoms with E-state index in [0.717, 1.165) is 17.4 Å². The number of anilines is 2. The molecule has 3 aromatic rings. The molecule has 8 heteroatoms. The van der Waals surface area contributed by atoms with Crippen LogP contribution in [0.25, 0.3) is 11.1 Å². The number of nitrogens with one attached hydrogen (secondary N) is 1. The molecule has 138 valence electrons. The summed E-state index contributed by atoms with van der Waals surface area (Å²) in [5.41, 5.74) is 8.38. The molecule has 0 aliphatic rings. The average Bonchev–Trinajstić information content (AvgIpc) is 2.63. The van der Waals surface area contributed by atoms with Crippen LogP contribution in [0.15, 0.2) is 65.8 Å². The van der Waals surface area contributed by atoms with Crippen molar-refractivity contribution in [2.45, 2.75) is 5.03 Å². The van der Waals surface area contributed by atoms with Crippen molar-refractivity contribution >= 4 is 27.1 Å². The van der Waals surface area contributed by atoms with Crippen LogP contribution < -0.4 is 11.1 Å². The highest BCUT2D eigenvalue weighted by Gasteiger charge is 2.13. The molecule has 1 heterocycles. The third-order valence-corrected chi connectivity index (χ3v) is 4.86. The van der Waals surface area contributed by atoms with Gasteiger partial charge in [0, 0.05) is 12.5 Å². The van der Waals surface area contributed by atoms with Crippen molar-refractivity contribution in [1.82, 2.24) is 4.98 Å². The van der Waals surface area contributed by atoms with Gasteiger partial charge in [0.2, 0.25) is 0 Å². The van der Waals surface area contributed by atoms with Gasteiger partial charge in [0.15, 0.2) is 14.9 Å². The first kappa shape index (κ1) is 18.5. The SMILES string of the molecule is CS(=O)(=O)c1ccc(C(=O)Nc2cc(-c3ccc(F)cc3)ccc2N)cn1. The molecule has 1 amide bonds. The fraction of sp³-hybridized carbons (Fsp3) is 0.0526. The Kier molecular flexibility index (Phi) is 4.91. The van der Waals surface area contributed by atoms with Gasteiger partial charge in [-0.15, -0.1) is 0 Å². The summed E-state index contributed by atoms with van der Waals surface area (Å²) in [7, 11) is -3.44. The van der Waals surface area contributed by atoms with Gasteiger partial charge < -0.3 is 11.1 Å². The lowest BCUT2D eigenvalue weighted by Gasteiger charge is -2.11. The molecule has 2 aromatic carbocycles. The first-order valence-corrected chi connectivity index (χ1v) is 9.76. The van der Waals surface area contributed by atoms with E-state index >= 15 is 0 Å². The van der Waals surface area contributed by atoms with Crippen LogP contribution in [0.2, 0.25) is 0 Å². The van der Waals surface area contributed by atoms with Gasteiger partial charge in [-0.05, 0) is 47.5 Å². The third kappa shape index (κ3) is 4.29. The number of rotatable bonds is 4. The van der Waals surface area contributed by atoms with E-state index < -0.39 is 15.7 Å². The zero-order valence-electron chi connectivity index (χ0n) is 14.3. The fourth-order valence-corrected chi connectivity index (χ4v) is 2.97. The van der Waals surface area contributed by atoms with Crippen molar-refractivity contribution in [2.75, 3.05) is 17.3 Å². The second kappa shape index (κ2) is 7.16. The molecule has 27 heavy (non-hydrogen) atoms. The van der Waals surface area contributed by atoms with Crippen molar-refractivity contribution in [2.24, 2.45) is 0 Å². The number of carbonyl (C=O) groups is 1. The number of halogens is 1. The molecular weight excluding hydrogens is 369 g/mol. The molecule has 0 saturated carbocycles. The Bertz CT molecular complexity index is 1100. The molecule has 0 aliphatic heterocycles. The Labute approximate surface area is 155 Å². The molecule has 0 fully saturated rings. The number of nitrogen functional groups attached to an aromatic ring is 1. The van der Waals surface area contributed by atoms with Crippen molar-refractivity contribution in [3.05, 3.63) is 72.2 Å². The van der Waals surface area contributed by atoms with Crippen LogP contribution >= 0.6 is 0 Å². The summed E-state index contributed by atoms with van der Waals surface area (Å²) >= 11 is 0. The van der Waals surface area contributed by atoms with Crippen LogP contribution in [0.4, 0.5) is 15.8 Å². The number of hydrogen-bond acceptors (Lipinski definition) is 5. The number of sulfone groups is 1. The predicted molar refractivity (Wildman–Crippen MR) is 102 cm³/mol. The number of nitrogens with zero attached hydrogens (tertiary/aromatic N) is 1. The molecule has 0 radical (unpaired) electrons. The number of nitrogens with two attached hydrogens (primary N) is 1. The van der Waals surface area contributed by atoms with E-state index in [2.05, 4.69) is 10.3 Å². The van der Waals surface area contributed by atoms with Gasteiger partial charge in [0.1, 0.15) is 5.82 Å². The lowest BCUT2D eigenvalue weighted by atomic mass is 10.0. The first-order valence-electron chi connectivity index (χ1n) is 7.87. The van der Waals surface area contributed by atoms with E-state index in [1.165, 1.54) is 30.5 Å². The maximum atomic E-state index is 13.1. The van der Waals surface area contributed by atoms with E-state index in [1.807, 2.05) is 0 Å². The minimum Gasteiger partial charge on any atom is -0.397 e. The van der Waals surface area contributed by atoms with Crippen LogP contribution in [0.5, 0.6) is 0 Å². The topological polar surface area (TPSA) is 102 Å². The summed E-state index contributed by atoms with van der Waals surface area (Å²) in [6.45, 7) is 0. The highest BCUT2D eigenvalue weighted by atomic mass is 32.2. The number of amides is 1. The molecule has 1 aromatic heterocycles. The van der Waals surface area contributed by atoms with E-state index in [1.54, 1.807) is 30.3 Å². The smallest absolute Gasteiger partial charge is 0.257 e. The second-order valence-corrected chi connectivity index (χ2v) is 7.88. The quantitative estimate of drug-likeness (QED) is 0.672. The third-order valence-electron chi connectivity index (χ3n) is 3.86. The average molecular weight is 385 g/mol. The fourth-order valence-electron chi connectivity index (χ4n) is 2.41. The van der Waals surface area contributed by atoms with Gasteiger partial charge in [-0.1, -0.05) is 18.2 Å². The van der Waals surface area contributed by atoms with Crippen molar-refractivity contribution in [3.8, 4) is 11.1 Å². The molecular formula is C19H16FN3O3S. The van der Waals surface area contributed by atoms with Gasteiger partial charge in [0.25, 0.3) is 5.91 Å². The Morgan fingerprint density at radius 3 is 2.30 bits per heavy atom. The summed E-state index contributed by atoms with van der Waals surface area (Å²) in [5, 5.41) is 2.56. The number of hydrogen-bond donors (Lipinski definition) is 2. The Balaban J connectivity index is 1.85. The molecule has 3 rings (SSSR count). The molecule has 0 bridgehead atoms. The van der Waals surface area contributed by atoms with Gasteiger partial charge in [0.05, 0.1) is 16.9 Å². The zero-order chi connectivity index (χ0) is 19.6. The number of benzene rings is 2. The Morgan fingerprint density at radius 1 is 1.04 bits per heavy atom. The normalized spacial score (nSPS) is 11.2. The summed E-state index contributed by atoms with van der Waals surface area (Å²) in [5.74, 6) is -0.821. The van der Waals surface area contributed by atoms with Crippen molar-refractivity contribution in [3.63, 3.8) is 0 Å². The first-order chi connectivity index (χ1) is 12.7. The molecule has 0 spiro atoms. The highest BCUT2D eigenvalue weighted by molar-refractivity contribution is 7.90. The van der Waals surface area contributed by atoms with E-state index in [0.29, 0.717) is 11.4 Å². The van der Waals surface area contributed by atoms with Gasteiger partial charge in [-0.2, -0.15) is 0 Å². The maximum absolute atomic E-state index is 13.1. The maximum Gasteiger partial charge on any atom is 0.257 e. The van der Waals surface area contributed by atoms with E-state index in [4.69, 9.17) is 5.73 Å². The lowest BCUT2D eigenvalue weighted by molar-refractivity contribution is 0.102. The molecule has 6 nitrogen and oxygen atoms in total. The largest absolute Gasteiger partial charge is 0.397 e. The van der Waals surface area contributed by atoms with Crippen molar-refractivity contribution < 1.29 is 17.6 Å². The molecule has 0 saturated heterocycles. The van der Waals surface area contributed by atoms with Crippen LogP contribution in [0, 0.1) is 5.82 Å². The van der Waals surface area contributed by atoms with Crippen LogP contribution in [-0.4, -0.2) is 25.6 Å². The number of carbonyl (C=O) groups excluding carboxylic acids is 1. The monoisotopic (exact) mass is 385 g/mol. The zero-order valence-corrected chi connectivity index (χ0v) is 15.1. The minimum absolute atomic E-state index is 0.114. The highest BCUT2D eigenvalue weighted by Crippen LogP contribution is 2.28. The van der Waals surface area contributed by atoms with E-state index in [-0.39, 0.29) is 16.4 Å². The summed E-state index contributed by atoms with van der Waals surface area (Å²) < 4.78 is 36.0. The van der Waals surface area contributed by atoms with Crippen LogP contribution in [0.3, 0.4) is 0 Å². The summed E-state index contributed by atoms with van der Waals surface area (Å²) in [6, 6.07) is 13.7. The van der Waals surface area contributed by atoms with Gasteiger partial charge in [-0.3, -0.25) is 4.79 Å². The van der Waals surface area contributed by atoms with Gasteiger partial charge in [-0.25, -0.2) is 17.8 Å².